The number of hydrogen-bond acceptors (Lipinski definition) is 2. The van der Waals surface area contributed by atoms with Gasteiger partial charge in [-0.2, -0.15) is 0 Å². The SMILES string of the molecule is CCC(=O)N[C@H](C)c1ccc(OC)cc1. The van der Waals surface area contributed by atoms with Crippen molar-refractivity contribution in [3.05, 3.63) is 29.8 Å². The Hall–Kier alpha value is -1.51. The minimum Gasteiger partial charge on any atom is -0.497 e. The van der Waals surface area contributed by atoms with Crippen LogP contribution in [0.5, 0.6) is 5.75 Å². The molecular weight excluding hydrogens is 190 g/mol. The molecule has 0 aliphatic carbocycles. The Balaban J connectivity index is 2.65. The number of methoxy groups -OCH3 is 1. The summed E-state index contributed by atoms with van der Waals surface area (Å²) >= 11 is 0. The number of hydrogen-bond donors (Lipinski definition) is 1. The van der Waals surface area contributed by atoms with Gasteiger partial charge in [0.25, 0.3) is 0 Å². The third kappa shape index (κ3) is 3.27. The predicted molar refractivity (Wildman–Crippen MR) is 59.8 cm³/mol. The van der Waals surface area contributed by atoms with Crippen LogP contribution < -0.4 is 10.1 Å². The number of ether oxygens (including phenoxy) is 1. The van der Waals surface area contributed by atoms with E-state index in [0.717, 1.165) is 11.3 Å². The molecule has 82 valence electrons. The van der Waals surface area contributed by atoms with Crippen LogP contribution in [0.25, 0.3) is 0 Å². The lowest BCUT2D eigenvalue weighted by Gasteiger charge is -2.13. The molecule has 1 amide bonds. The molecule has 0 radical (unpaired) electrons. The third-order valence-corrected chi connectivity index (χ3v) is 2.31. The van der Waals surface area contributed by atoms with Crippen LogP contribution in [0, 0.1) is 0 Å². The maximum atomic E-state index is 11.2. The first-order chi connectivity index (χ1) is 7.17. The molecule has 0 fully saturated rings. The Labute approximate surface area is 90.4 Å². The Kier molecular flexibility index (Phi) is 4.16. The first kappa shape index (κ1) is 11.6. The van der Waals surface area contributed by atoms with Gasteiger partial charge in [0.15, 0.2) is 0 Å². The van der Waals surface area contributed by atoms with Crippen LogP contribution in [0.4, 0.5) is 0 Å². The number of carbonyl (C=O) groups excluding carboxylic acids is 1. The van der Waals surface area contributed by atoms with E-state index in [4.69, 9.17) is 4.74 Å². The highest BCUT2D eigenvalue weighted by Gasteiger charge is 2.07. The largest absolute Gasteiger partial charge is 0.497 e. The minimum atomic E-state index is 0.0448. The topological polar surface area (TPSA) is 38.3 Å². The smallest absolute Gasteiger partial charge is 0.220 e. The van der Waals surface area contributed by atoms with Crippen LogP contribution >= 0.6 is 0 Å². The highest BCUT2D eigenvalue weighted by Crippen LogP contribution is 2.17. The van der Waals surface area contributed by atoms with Gasteiger partial charge in [0.2, 0.25) is 5.91 Å². The maximum absolute atomic E-state index is 11.2. The molecule has 0 bridgehead atoms. The zero-order chi connectivity index (χ0) is 11.3. The molecular formula is C12H17NO2. The van der Waals surface area contributed by atoms with E-state index in [1.54, 1.807) is 7.11 Å². The van der Waals surface area contributed by atoms with Crippen LogP contribution in [0.15, 0.2) is 24.3 Å². The second kappa shape index (κ2) is 5.39. The van der Waals surface area contributed by atoms with Gasteiger partial charge >= 0.3 is 0 Å². The molecule has 0 saturated heterocycles. The summed E-state index contributed by atoms with van der Waals surface area (Å²) in [6.07, 6.45) is 0.514. The van der Waals surface area contributed by atoms with Gasteiger partial charge in [-0.05, 0) is 24.6 Å². The lowest BCUT2D eigenvalue weighted by Crippen LogP contribution is -2.25. The summed E-state index contributed by atoms with van der Waals surface area (Å²) in [7, 11) is 1.64. The first-order valence-electron chi connectivity index (χ1n) is 5.10. The van der Waals surface area contributed by atoms with Gasteiger partial charge in [0.05, 0.1) is 13.2 Å². The highest BCUT2D eigenvalue weighted by molar-refractivity contribution is 5.75. The summed E-state index contributed by atoms with van der Waals surface area (Å²) < 4.78 is 5.06. The molecule has 15 heavy (non-hydrogen) atoms. The Morgan fingerprint density at radius 1 is 1.40 bits per heavy atom. The average Bonchev–Trinajstić information content (AvgIpc) is 2.29. The molecule has 1 atom stereocenters. The monoisotopic (exact) mass is 207 g/mol. The molecule has 0 saturated carbocycles. The lowest BCUT2D eigenvalue weighted by molar-refractivity contribution is -0.121. The molecule has 0 aliphatic heterocycles. The van der Waals surface area contributed by atoms with E-state index < -0.39 is 0 Å². The molecule has 1 N–H and O–H groups in total. The maximum Gasteiger partial charge on any atom is 0.220 e. The third-order valence-electron chi connectivity index (χ3n) is 2.31. The summed E-state index contributed by atoms with van der Waals surface area (Å²) in [5.41, 5.74) is 1.08. The summed E-state index contributed by atoms with van der Waals surface area (Å²) in [6, 6.07) is 7.75. The summed E-state index contributed by atoms with van der Waals surface area (Å²) in [4.78, 5) is 11.2. The van der Waals surface area contributed by atoms with Crippen LogP contribution in [-0.4, -0.2) is 13.0 Å². The summed E-state index contributed by atoms with van der Waals surface area (Å²) in [5, 5.41) is 2.90. The first-order valence-corrected chi connectivity index (χ1v) is 5.10. The summed E-state index contributed by atoms with van der Waals surface area (Å²) in [6.45, 7) is 3.81. The number of rotatable bonds is 4. The molecule has 0 aromatic heterocycles. The van der Waals surface area contributed by atoms with Crippen molar-refractivity contribution >= 4 is 5.91 Å². The van der Waals surface area contributed by atoms with Crippen LogP contribution in [0.2, 0.25) is 0 Å². The van der Waals surface area contributed by atoms with Crippen LogP contribution in [0.3, 0.4) is 0 Å². The van der Waals surface area contributed by atoms with Crippen molar-refractivity contribution in [2.45, 2.75) is 26.3 Å². The van der Waals surface area contributed by atoms with Crippen molar-refractivity contribution in [1.29, 1.82) is 0 Å². The van der Waals surface area contributed by atoms with Crippen molar-refractivity contribution in [3.8, 4) is 5.75 Å². The summed E-state index contributed by atoms with van der Waals surface area (Å²) in [5.74, 6) is 0.895. The standard InChI is InChI=1S/C12H17NO2/c1-4-12(14)13-9(2)10-5-7-11(15-3)8-6-10/h5-9H,4H2,1-3H3,(H,13,14)/t9-/m1/s1. The number of amides is 1. The van der Waals surface area contributed by atoms with E-state index in [-0.39, 0.29) is 11.9 Å². The Morgan fingerprint density at radius 3 is 2.47 bits per heavy atom. The fourth-order valence-electron chi connectivity index (χ4n) is 1.32. The van der Waals surface area contributed by atoms with Gasteiger partial charge in [-0.1, -0.05) is 19.1 Å². The van der Waals surface area contributed by atoms with Gasteiger partial charge in [0.1, 0.15) is 5.75 Å². The van der Waals surface area contributed by atoms with E-state index in [1.807, 2.05) is 38.1 Å². The molecule has 0 unspecified atom stereocenters. The molecule has 0 heterocycles. The highest BCUT2D eigenvalue weighted by atomic mass is 16.5. The number of nitrogens with one attached hydrogen (secondary N) is 1. The van der Waals surface area contributed by atoms with Gasteiger partial charge in [-0.15, -0.1) is 0 Å². The van der Waals surface area contributed by atoms with E-state index in [1.165, 1.54) is 0 Å². The lowest BCUT2D eigenvalue weighted by atomic mass is 10.1. The molecule has 0 aliphatic rings. The van der Waals surface area contributed by atoms with Crippen LogP contribution in [0.1, 0.15) is 31.9 Å². The number of carbonyl (C=O) groups is 1. The van der Waals surface area contributed by atoms with Gasteiger partial charge < -0.3 is 10.1 Å². The molecule has 3 nitrogen and oxygen atoms in total. The molecule has 1 aromatic carbocycles. The average molecular weight is 207 g/mol. The van der Waals surface area contributed by atoms with Crippen molar-refractivity contribution in [3.63, 3.8) is 0 Å². The van der Waals surface area contributed by atoms with Crippen LogP contribution in [-0.2, 0) is 4.79 Å². The molecule has 1 rings (SSSR count). The molecule has 0 spiro atoms. The normalized spacial score (nSPS) is 11.9. The Bertz CT molecular complexity index is 319. The second-order valence-corrected chi connectivity index (χ2v) is 3.42. The number of benzene rings is 1. The zero-order valence-electron chi connectivity index (χ0n) is 9.41. The predicted octanol–water partition coefficient (Wildman–Crippen LogP) is 2.28. The van der Waals surface area contributed by atoms with Crippen molar-refractivity contribution < 1.29 is 9.53 Å². The fraction of sp³-hybridized carbons (Fsp3) is 0.417. The second-order valence-electron chi connectivity index (χ2n) is 3.42. The minimum absolute atomic E-state index is 0.0448. The van der Waals surface area contributed by atoms with Gasteiger partial charge in [-0.3, -0.25) is 4.79 Å². The van der Waals surface area contributed by atoms with E-state index >= 15 is 0 Å². The van der Waals surface area contributed by atoms with E-state index in [0.29, 0.717) is 6.42 Å². The zero-order valence-corrected chi connectivity index (χ0v) is 9.41. The van der Waals surface area contributed by atoms with Gasteiger partial charge in [-0.25, -0.2) is 0 Å². The van der Waals surface area contributed by atoms with Crippen molar-refractivity contribution in [2.75, 3.05) is 7.11 Å². The van der Waals surface area contributed by atoms with Gasteiger partial charge in [0, 0.05) is 6.42 Å². The Morgan fingerprint density at radius 2 is 2.00 bits per heavy atom. The van der Waals surface area contributed by atoms with E-state index in [9.17, 15) is 4.79 Å². The van der Waals surface area contributed by atoms with E-state index in [2.05, 4.69) is 5.32 Å². The molecule has 1 aromatic rings. The fourth-order valence-corrected chi connectivity index (χ4v) is 1.32. The van der Waals surface area contributed by atoms with Crippen molar-refractivity contribution in [2.24, 2.45) is 0 Å². The van der Waals surface area contributed by atoms with Crippen molar-refractivity contribution in [1.82, 2.24) is 5.32 Å². The molecule has 3 heteroatoms. The quantitative estimate of drug-likeness (QED) is 0.822.